The summed E-state index contributed by atoms with van der Waals surface area (Å²) in [5.41, 5.74) is 2.10. The molecule has 8 heteroatoms. The maximum absolute atomic E-state index is 11.6. The third kappa shape index (κ3) is 4.23. The van der Waals surface area contributed by atoms with E-state index in [1.165, 1.54) is 20.3 Å². The second kappa shape index (κ2) is 6.94. The van der Waals surface area contributed by atoms with E-state index in [0.717, 1.165) is 0 Å². The first kappa shape index (κ1) is 14.4. The quantitative estimate of drug-likeness (QED) is 0.836. The van der Waals surface area contributed by atoms with Gasteiger partial charge in [-0.2, -0.15) is 15.4 Å². The highest BCUT2D eigenvalue weighted by molar-refractivity contribution is 5.68. The van der Waals surface area contributed by atoms with Crippen LogP contribution in [0.1, 0.15) is 0 Å². The van der Waals surface area contributed by atoms with Crippen molar-refractivity contribution in [3.63, 3.8) is 0 Å². The molecule has 1 heterocycles. The maximum atomic E-state index is 11.6. The number of para-hydroxylation sites is 1. The van der Waals surface area contributed by atoms with Crippen molar-refractivity contribution in [3.8, 4) is 23.5 Å². The summed E-state index contributed by atoms with van der Waals surface area (Å²) in [6, 6.07) is 9.92. The first-order chi connectivity index (χ1) is 10.2. The number of hydrogen-bond acceptors (Lipinski definition) is 7. The highest BCUT2D eigenvalue weighted by Gasteiger charge is 2.11. The number of nitrogens with zero attached hydrogens (tertiary/aromatic N) is 2. The molecule has 0 radical (unpaired) electrons. The average molecular weight is 291 g/mol. The average Bonchev–Trinajstić information content (AvgIpc) is 2.53. The molecule has 110 valence electrons. The van der Waals surface area contributed by atoms with E-state index in [0.29, 0.717) is 5.75 Å². The van der Waals surface area contributed by atoms with Crippen molar-refractivity contribution in [2.75, 3.05) is 14.2 Å². The molecule has 0 aliphatic heterocycles. The van der Waals surface area contributed by atoms with Gasteiger partial charge in [0, 0.05) is 0 Å². The van der Waals surface area contributed by atoms with Crippen LogP contribution in [0.25, 0.3) is 0 Å². The monoisotopic (exact) mass is 291 g/mol. The first-order valence-electron chi connectivity index (χ1n) is 5.88. The topological polar surface area (TPSA) is 91.8 Å². The van der Waals surface area contributed by atoms with Gasteiger partial charge in [-0.3, -0.25) is 0 Å². The second-order valence-corrected chi connectivity index (χ2v) is 3.64. The number of amides is 1. The number of ether oxygens (including phenoxy) is 3. The fourth-order valence-corrected chi connectivity index (χ4v) is 1.33. The van der Waals surface area contributed by atoms with Crippen LogP contribution in [0, 0.1) is 0 Å². The lowest BCUT2D eigenvalue weighted by molar-refractivity contribution is 0.138. The van der Waals surface area contributed by atoms with Crippen LogP contribution in [0.5, 0.6) is 23.5 Å². The molecule has 1 amide bonds. The summed E-state index contributed by atoms with van der Waals surface area (Å²) in [7, 11) is 2.84. The molecule has 1 aromatic heterocycles. The van der Waals surface area contributed by atoms with Crippen molar-refractivity contribution in [2.24, 2.45) is 0 Å². The Morgan fingerprint density at radius 2 is 1.67 bits per heavy atom. The van der Waals surface area contributed by atoms with Crippen LogP contribution < -0.4 is 24.5 Å². The van der Waals surface area contributed by atoms with Crippen LogP contribution in [0.15, 0.2) is 36.4 Å². The van der Waals surface area contributed by atoms with Gasteiger partial charge in [-0.05, 0) is 12.1 Å². The molecule has 2 aromatic rings. The van der Waals surface area contributed by atoms with E-state index in [-0.39, 0.29) is 17.8 Å². The standard InChI is InChI=1S/C13H13N3O5/c1-18-10-8-11(19-2)15-12(14-10)20-13(17)16-21-9-6-4-3-5-7-9/h3-8H,1-2H3,(H,16,17). The lowest BCUT2D eigenvalue weighted by Crippen LogP contribution is -2.30. The summed E-state index contributed by atoms with van der Waals surface area (Å²) in [5.74, 6) is 0.862. The zero-order valence-corrected chi connectivity index (χ0v) is 11.4. The molecule has 8 nitrogen and oxygen atoms in total. The molecule has 0 atom stereocenters. The SMILES string of the molecule is COc1cc(OC)nc(OC(=O)NOc2ccccc2)n1. The molecular formula is C13H13N3O5. The fraction of sp³-hybridized carbons (Fsp3) is 0.154. The molecule has 0 aliphatic rings. The summed E-state index contributed by atoms with van der Waals surface area (Å²) in [6.07, 6.45) is -0.880. The Kier molecular flexibility index (Phi) is 4.75. The second-order valence-electron chi connectivity index (χ2n) is 3.64. The minimum absolute atomic E-state index is 0.202. The number of methoxy groups -OCH3 is 2. The van der Waals surface area contributed by atoms with Crippen LogP contribution >= 0.6 is 0 Å². The summed E-state index contributed by atoms with van der Waals surface area (Å²) in [5, 5.41) is 0. The van der Waals surface area contributed by atoms with Crippen LogP contribution in [0.2, 0.25) is 0 Å². The summed E-state index contributed by atoms with van der Waals surface area (Å²) < 4.78 is 14.7. The van der Waals surface area contributed by atoms with Crippen molar-refractivity contribution in [3.05, 3.63) is 36.4 Å². The highest BCUT2D eigenvalue weighted by atomic mass is 16.7. The molecule has 21 heavy (non-hydrogen) atoms. The lowest BCUT2D eigenvalue weighted by Gasteiger charge is -2.08. The minimum Gasteiger partial charge on any atom is -0.481 e. The van der Waals surface area contributed by atoms with Gasteiger partial charge in [0.15, 0.2) is 5.75 Å². The largest absolute Gasteiger partial charge is 0.481 e. The van der Waals surface area contributed by atoms with Crippen molar-refractivity contribution in [2.45, 2.75) is 0 Å². The van der Waals surface area contributed by atoms with Crippen LogP contribution in [0.3, 0.4) is 0 Å². The van der Waals surface area contributed by atoms with Gasteiger partial charge < -0.3 is 19.0 Å². The van der Waals surface area contributed by atoms with Gasteiger partial charge in [-0.25, -0.2) is 4.79 Å². The zero-order valence-electron chi connectivity index (χ0n) is 11.4. The van der Waals surface area contributed by atoms with E-state index >= 15 is 0 Å². The van der Waals surface area contributed by atoms with Crippen molar-refractivity contribution in [1.29, 1.82) is 0 Å². The number of rotatable bonds is 5. The van der Waals surface area contributed by atoms with E-state index in [4.69, 9.17) is 19.0 Å². The predicted octanol–water partition coefficient (Wildman–Crippen LogP) is 1.58. The Bertz CT molecular complexity index is 584. The van der Waals surface area contributed by atoms with Crippen molar-refractivity contribution in [1.82, 2.24) is 15.4 Å². The van der Waals surface area contributed by atoms with E-state index in [9.17, 15) is 4.79 Å². The summed E-state index contributed by atoms with van der Waals surface area (Å²) in [6.45, 7) is 0. The van der Waals surface area contributed by atoms with Gasteiger partial charge in [-0.1, -0.05) is 18.2 Å². The third-order valence-corrected chi connectivity index (χ3v) is 2.26. The maximum Gasteiger partial charge on any atom is 0.448 e. The lowest BCUT2D eigenvalue weighted by atomic mass is 10.3. The summed E-state index contributed by atoms with van der Waals surface area (Å²) in [4.78, 5) is 24.3. The Hall–Kier alpha value is -3.03. The first-order valence-corrected chi connectivity index (χ1v) is 5.88. The minimum atomic E-state index is -0.880. The van der Waals surface area contributed by atoms with Crippen LogP contribution in [-0.4, -0.2) is 30.3 Å². The Balaban J connectivity index is 1.96. The number of carbonyl (C=O) groups is 1. The molecule has 0 spiro atoms. The van der Waals surface area contributed by atoms with Gasteiger partial charge in [0.2, 0.25) is 11.8 Å². The number of nitrogens with one attached hydrogen (secondary N) is 1. The Labute approximate surface area is 120 Å². The molecule has 0 unspecified atom stereocenters. The van der Waals surface area contributed by atoms with Crippen LogP contribution in [0.4, 0.5) is 4.79 Å². The fourth-order valence-electron chi connectivity index (χ4n) is 1.33. The van der Waals surface area contributed by atoms with E-state index in [2.05, 4.69) is 15.4 Å². The van der Waals surface area contributed by atoms with Gasteiger partial charge in [-0.15, -0.1) is 0 Å². The highest BCUT2D eigenvalue weighted by Crippen LogP contribution is 2.18. The van der Waals surface area contributed by atoms with Gasteiger partial charge in [0.05, 0.1) is 20.3 Å². The molecule has 0 saturated heterocycles. The Morgan fingerprint density at radius 3 is 2.24 bits per heavy atom. The number of hydroxylamine groups is 1. The van der Waals surface area contributed by atoms with E-state index in [1.807, 2.05) is 6.07 Å². The van der Waals surface area contributed by atoms with Crippen molar-refractivity contribution >= 4 is 6.09 Å². The number of carbonyl (C=O) groups excluding carboxylic acids is 1. The van der Waals surface area contributed by atoms with Gasteiger partial charge in [0.25, 0.3) is 0 Å². The molecule has 0 aliphatic carbocycles. The van der Waals surface area contributed by atoms with Crippen molar-refractivity contribution < 1.29 is 23.8 Å². The zero-order chi connectivity index (χ0) is 15.1. The molecule has 1 aromatic carbocycles. The summed E-state index contributed by atoms with van der Waals surface area (Å²) >= 11 is 0. The smallest absolute Gasteiger partial charge is 0.448 e. The molecule has 0 fully saturated rings. The molecule has 0 bridgehead atoms. The van der Waals surface area contributed by atoms with E-state index < -0.39 is 6.09 Å². The number of hydrogen-bond donors (Lipinski definition) is 1. The molecule has 1 N–H and O–H groups in total. The van der Waals surface area contributed by atoms with E-state index in [1.54, 1.807) is 24.3 Å². The van der Waals surface area contributed by atoms with Crippen LogP contribution in [-0.2, 0) is 0 Å². The number of benzene rings is 1. The molecule has 2 rings (SSSR count). The predicted molar refractivity (Wildman–Crippen MR) is 71.4 cm³/mol. The third-order valence-electron chi connectivity index (χ3n) is 2.26. The number of aromatic nitrogens is 2. The molecule has 0 saturated carbocycles. The Morgan fingerprint density at radius 1 is 1.05 bits per heavy atom. The van der Waals surface area contributed by atoms with Gasteiger partial charge >= 0.3 is 12.1 Å². The van der Waals surface area contributed by atoms with Gasteiger partial charge in [0.1, 0.15) is 0 Å². The normalized spacial score (nSPS) is 9.62. The molecular weight excluding hydrogens is 278 g/mol.